The van der Waals surface area contributed by atoms with Gasteiger partial charge in [-0.15, -0.1) is 0 Å². The van der Waals surface area contributed by atoms with Crippen LogP contribution in [0, 0.1) is 0 Å². The molecule has 0 fully saturated rings. The van der Waals surface area contributed by atoms with Gasteiger partial charge in [-0.1, -0.05) is 62.1 Å². The Morgan fingerprint density at radius 1 is 1.00 bits per heavy atom. The summed E-state index contributed by atoms with van der Waals surface area (Å²) in [4.78, 5) is 4.37. The number of aromatic nitrogens is 5. The second-order valence-corrected chi connectivity index (χ2v) is 15.3. The SMILES string of the molecule is C[Si](C)(C)CCOCn1nc(C=Cc2ccccc2)c2ccc(-c3ccnc4[nH]ncc34)cc21. The third-order valence-electron chi connectivity index (χ3n) is 5.89. The Bertz CT molecular complexity index is 1450. The fraction of sp³-hybridized carbons (Fsp3) is 0.222. The molecule has 5 aromatic rings. The topological polar surface area (TPSA) is 68.6 Å². The van der Waals surface area contributed by atoms with Gasteiger partial charge in [0, 0.05) is 31.7 Å². The average Bonchev–Trinajstić information content (AvgIpc) is 3.45. The number of nitrogens with zero attached hydrogens (tertiary/aromatic N) is 4. The van der Waals surface area contributed by atoms with E-state index in [1.165, 1.54) is 0 Å². The monoisotopic (exact) mass is 467 g/mol. The van der Waals surface area contributed by atoms with Crippen LogP contribution in [0.3, 0.4) is 0 Å². The molecule has 0 aliphatic carbocycles. The van der Waals surface area contributed by atoms with E-state index in [9.17, 15) is 0 Å². The van der Waals surface area contributed by atoms with Crippen LogP contribution in [0.2, 0.25) is 25.7 Å². The molecule has 6 nitrogen and oxygen atoms in total. The summed E-state index contributed by atoms with van der Waals surface area (Å²) in [6.07, 6.45) is 7.82. The summed E-state index contributed by atoms with van der Waals surface area (Å²) in [5, 5.41) is 14.1. The molecule has 3 aromatic heterocycles. The van der Waals surface area contributed by atoms with E-state index in [2.05, 4.69) is 77.3 Å². The van der Waals surface area contributed by atoms with Crippen molar-refractivity contribution >= 4 is 42.2 Å². The zero-order valence-electron chi connectivity index (χ0n) is 19.8. The third kappa shape index (κ3) is 4.85. The van der Waals surface area contributed by atoms with Crippen molar-refractivity contribution in [3.05, 3.63) is 78.2 Å². The molecule has 7 heteroatoms. The molecule has 0 unspecified atom stereocenters. The van der Waals surface area contributed by atoms with Gasteiger partial charge < -0.3 is 4.74 Å². The summed E-state index contributed by atoms with van der Waals surface area (Å²) in [6.45, 7) is 8.28. The minimum Gasteiger partial charge on any atom is -0.360 e. The highest BCUT2D eigenvalue weighted by atomic mass is 28.3. The molecule has 0 saturated heterocycles. The van der Waals surface area contributed by atoms with Crippen LogP contribution in [-0.2, 0) is 11.5 Å². The highest BCUT2D eigenvalue weighted by molar-refractivity contribution is 6.76. The Balaban J connectivity index is 1.52. The van der Waals surface area contributed by atoms with E-state index in [1.807, 2.05) is 41.3 Å². The lowest BCUT2D eigenvalue weighted by Gasteiger charge is -2.15. The molecular weight excluding hydrogens is 438 g/mol. The first-order chi connectivity index (χ1) is 16.5. The zero-order valence-corrected chi connectivity index (χ0v) is 20.8. The molecule has 0 radical (unpaired) electrons. The van der Waals surface area contributed by atoms with Gasteiger partial charge >= 0.3 is 0 Å². The molecule has 34 heavy (non-hydrogen) atoms. The number of rotatable bonds is 8. The molecule has 0 aliphatic heterocycles. The lowest BCUT2D eigenvalue weighted by molar-refractivity contribution is 0.0816. The first-order valence-electron chi connectivity index (χ1n) is 11.6. The molecule has 0 bridgehead atoms. The summed E-state index contributed by atoms with van der Waals surface area (Å²) in [6, 6.07) is 19.9. The Labute approximate surface area is 200 Å². The predicted octanol–water partition coefficient (Wildman–Crippen LogP) is 6.46. The molecule has 172 valence electrons. The van der Waals surface area contributed by atoms with Crippen molar-refractivity contribution in [2.45, 2.75) is 32.4 Å². The van der Waals surface area contributed by atoms with E-state index in [0.717, 1.165) is 57.0 Å². The number of hydrogen-bond acceptors (Lipinski definition) is 4. The predicted molar refractivity (Wildman–Crippen MR) is 142 cm³/mol. The fourth-order valence-corrected chi connectivity index (χ4v) is 4.72. The lowest BCUT2D eigenvalue weighted by Crippen LogP contribution is -2.22. The molecule has 0 amide bonds. The van der Waals surface area contributed by atoms with Crippen molar-refractivity contribution in [2.24, 2.45) is 0 Å². The standard InChI is InChI=1S/C27H29N5OSi/c1-34(2,3)16-15-33-19-32-26-17-21(22-13-14-28-27-24(22)18-29-30-27)10-11-23(26)25(31-32)12-9-20-7-5-4-6-8-20/h4-14,17-18H,15-16,19H2,1-3H3,(H,28,29,30). The van der Waals surface area contributed by atoms with Gasteiger partial charge in [-0.2, -0.15) is 10.2 Å². The van der Waals surface area contributed by atoms with Gasteiger partial charge in [0.25, 0.3) is 0 Å². The first-order valence-corrected chi connectivity index (χ1v) is 15.3. The summed E-state index contributed by atoms with van der Waals surface area (Å²) in [5.74, 6) is 0. The van der Waals surface area contributed by atoms with E-state index < -0.39 is 8.07 Å². The van der Waals surface area contributed by atoms with Crippen LogP contribution in [0.4, 0.5) is 0 Å². The largest absolute Gasteiger partial charge is 0.360 e. The van der Waals surface area contributed by atoms with E-state index in [0.29, 0.717) is 6.73 Å². The number of ether oxygens (including phenoxy) is 1. The van der Waals surface area contributed by atoms with Crippen molar-refractivity contribution in [3.8, 4) is 11.1 Å². The van der Waals surface area contributed by atoms with Gasteiger partial charge in [0.15, 0.2) is 5.65 Å². The third-order valence-corrected chi connectivity index (χ3v) is 7.59. The molecule has 3 heterocycles. The molecule has 0 spiro atoms. The summed E-state index contributed by atoms with van der Waals surface area (Å²) < 4.78 is 8.04. The van der Waals surface area contributed by atoms with E-state index in [-0.39, 0.29) is 0 Å². The normalized spacial score (nSPS) is 12.3. The number of H-pyrrole nitrogens is 1. The smallest absolute Gasteiger partial charge is 0.155 e. The van der Waals surface area contributed by atoms with Crippen LogP contribution < -0.4 is 0 Å². The van der Waals surface area contributed by atoms with Gasteiger partial charge in [-0.25, -0.2) is 9.67 Å². The molecule has 2 aromatic carbocycles. The second-order valence-electron chi connectivity index (χ2n) is 9.70. The van der Waals surface area contributed by atoms with Crippen molar-refractivity contribution in [1.82, 2.24) is 25.0 Å². The zero-order chi connectivity index (χ0) is 23.5. The van der Waals surface area contributed by atoms with Crippen LogP contribution in [-0.4, -0.2) is 39.6 Å². The highest BCUT2D eigenvalue weighted by Crippen LogP contribution is 2.31. The number of benzene rings is 2. The second kappa shape index (κ2) is 9.36. The van der Waals surface area contributed by atoms with Crippen LogP contribution >= 0.6 is 0 Å². The van der Waals surface area contributed by atoms with Crippen LogP contribution in [0.15, 0.2) is 67.0 Å². The maximum atomic E-state index is 6.07. The van der Waals surface area contributed by atoms with Crippen LogP contribution in [0.5, 0.6) is 0 Å². The molecule has 0 atom stereocenters. The van der Waals surface area contributed by atoms with E-state index in [4.69, 9.17) is 9.84 Å². The van der Waals surface area contributed by atoms with Gasteiger partial charge in [0.05, 0.1) is 17.4 Å². The van der Waals surface area contributed by atoms with Crippen molar-refractivity contribution in [1.29, 1.82) is 0 Å². The molecule has 5 rings (SSSR count). The molecule has 0 saturated carbocycles. The number of nitrogens with one attached hydrogen (secondary N) is 1. The van der Waals surface area contributed by atoms with Gasteiger partial charge in [-0.3, -0.25) is 5.10 Å². The summed E-state index contributed by atoms with van der Waals surface area (Å²) in [7, 11) is -1.15. The minimum atomic E-state index is -1.15. The quantitative estimate of drug-likeness (QED) is 0.210. The van der Waals surface area contributed by atoms with Crippen molar-refractivity contribution in [2.75, 3.05) is 6.61 Å². The van der Waals surface area contributed by atoms with Crippen molar-refractivity contribution in [3.63, 3.8) is 0 Å². The van der Waals surface area contributed by atoms with Crippen LogP contribution in [0.25, 0.3) is 45.2 Å². The molecular formula is C27H29N5OSi. The maximum absolute atomic E-state index is 6.07. The van der Waals surface area contributed by atoms with Gasteiger partial charge in [-0.05, 0) is 47.0 Å². The first kappa shape index (κ1) is 22.2. The van der Waals surface area contributed by atoms with Crippen LogP contribution in [0.1, 0.15) is 11.3 Å². The Morgan fingerprint density at radius 3 is 2.68 bits per heavy atom. The number of pyridine rings is 1. The molecule has 1 N–H and O–H groups in total. The van der Waals surface area contributed by atoms with Gasteiger partial charge in [0.2, 0.25) is 0 Å². The van der Waals surface area contributed by atoms with Gasteiger partial charge in [0.1, 0.15) is 6.73 Å². The van der Waals surface area contributed by atoms with E-state index >= 15 is 0 Å². The highest BCUT2D eigenvalue weighted by Gasteiger charge is 2.15. The van der Waals surface area contributed by atoms with Crippen molar-refractivity contribution < 1.29 is 4.74 Å². The minimum absolute atomic E-state index is 0.432. The Hall–Kier alpha value is -3.55. The maximum Gasteiger partial charge on any atom is 0.155 e. The number of aromatic amines is 1. The average molecular weight is 468 g/mol. The summed E-state index contributed by atoms with van der Waals surface area (Å²) >= 11 is 0. The number of hydrogen-bond donors (Lipinski definition) is 1. The Kier molecular flexibility index (Phi) is 6.13. The fourth-order valence-electron chi connectivity index (χ4n) is 3.96. The van der Waals surface area contributed by atoms with E-state index in [1.54, 1.807) is 0 Å². The molecule has 0 aliphatic rings. The number of fused-ring (bicyclic) bond motifs is 2. The Morgan fingerprint density at radius 2 is 1.85 bits per heavy atom. The summed E-state index contributed by atoms with van der Waals surface area (Å²) in [5.41, 5.74) is 6.10. The lowest BCUT2D eigenvalue weighted by atomic mass is 10.0.